The minimum atomic E-state index is -0.0683. The van der Waals surface area contributed by atoms with Crippen molar-refractivity contribution in [2.75, 3.05) is 0 Å². The van der Waals surface area contributed by atoms with Crippen LogP contribution in [0.2, 0.25) is 0 Å². The molecular formula is C16H20FN. The van der Waals surface area contributed by atoms with Gasteiger partial charge in [-0.25, -0.2) is 4.39 Å². The number of halogens is 1. The van der Waals surface area contributed by atoms with Gasteiger partial charge in [0.25, 0.3) is 0 Å². The van der Waals surface area contributed by atoms with E-state index < -0.39 is 0 Å². The average Bonchev–Trinajstić information content (AvgIpc) is 2.68. The van der Waals surface area contributed by atoms with Gasteiger partial charge in [0, 0.05) is 12.6 Å². The van der Waals surface area contributed by atoms with Gasteiger partial charge in [0.2, 0.25) is 0 Å². The number of rotatable bonds is 3. The first-order valence-corrected chi connectivity index (χ1v) is 6.81. The number of fused-ring (bicyclic) bond motifs is 1. The molecule has 1 N–H and O–H groups in total. The van der Waals surface area contributed by atoms with Gasteiger partial charge in [-0.1, -0.05) is 24.3 Å². The topological polar surface area (TPSA) is 12.0 Å². The summed E-state index contributed by atoms with van der Waals surface area (Å²) in [4.78, 5) is 0. The Morgan fingerprint density at radius 1 is 1.28 bits per heavy atom. The van der Waals surface area contributed by atoms with Crippen molar-refractivity contribution in [3.63, 3.8) is 0 Å². The van der Waals surface area contributed by atoms with Gasteiger partial charge in [-0.2, -0.15) is 0 Å². The maximum Gasteiger partial charge on any atom is 0.129 e. The lowest BCUT2D eigenvalue weighted by Crippen LogP contribution is -2.47. The van der Waals surface area contributed by atoms with Crippen molar-refractivity contribution in [2.24, 2.45) is 11.8 Å². The Morgan fingerprint density at radius 2 is 2.00 bits per heavy atom. The Balaban J connectivity index is 1.62. The zero-order valence-corrected chi connectivity index (χ0v) is 11.0. The van der Waals surface area contributed by atoms with Crippen molar-refractivity contribution in [2.45, 2.75) is 39.3 Å². The molecule has 0 aliphatic heterocycles. The summed E-state index contributed by atoms with van der Waals surface area (Å²) in [5.74, 6) is 1.56. The molecular weight excluding hydrogens is 225 g/mol. The fourth-order valence-corrected chi connectivity index (χ4v) is 3.33. The normalized spacial score (nSPS) is 29.2. The van der Waals surface area contributed by atoms with E-state index in [0.29, 0.717) is 6.04 Å². The number of hydrogen-bond acceptors (Lipinski definition) is 1. The Morgan fingerprint density at radius 3 is 2.67 bits per heavy atom. The van der Waals surface area contributed by atoms with Crippen molar-refractivity contribution in [3.8, 4) is 0 Å². The van der Waals surface area contributed by atoms with E-state index in [4.69, 9.17) is 0 Å². The van der Waals surface area contributed by atoms with Crippen molar-refractivity contribution in [1.82, 2.24) is 5.32 Å². The van der Waals surface area contributed by atoms with Crippen LogP contribution in [-0.4, -0.2) is 6.04 Å². The Hall–Kier alpha value is -1.15. The van der Waals surface area contributed by atoms with Crippen molar-refractivity contribution in [1.29, 1.82) is 0 Å². The lowest BCUT2D eigenvalue weighted by Gasteiger charge is -2.40. The zero-order valence-electron chi connectivity index (χ0n) is 11.0. The van der Waals surface area contributed by atoms with E-state index in [1.807, 2.05) is 26.0 Å². The summed E-state index contributed by atoms with van der Waals surface area (Å²) in [6.45, 7) is 4.53. The molecule has 0 saturated heterocycles. The van der Waals surface area contributed by atoms with Crippen LogP contribution >= 0.6 is 0 Å². The maximum absolute atomic E-state index is 13.5. The third-order valence-corrected chi connectivity index (χ3v) is 4.43. The molecule has 1 nitrogen and oxygen atoms in total. The second-order valence-corrected chi connectivity index (χ2v) is 5.77. The van der Waals surface area contributed by atoms with Crippen LogP contribution in [0, 0.1) is 31.5 Å². The number of benzene rings is 1. The van der Waals surface area contributed by atoms with E-state index >= 15 is 0 Å². The summed E-state index contributed by atoms with van der Waals surface area (Å²) >= 11 is 0. The molecule has 3 atom stereocenters. The monoisotopic (exact) mass is 245 g/mol. The van der Waals surface area contributed by atoms with Crippen LogP contribution in [-0.2, 0) is 6.54 Å². The van der Waals surface area contributed by atoms with Crippen molar-refractivity contribution in [3.05, 3.63) is 46.8 Å². The highest BCUT2D eigenvalue weighted by molar-refractivity contribution is 5.30. The van der Waals surface area contributed by atoms with Gasteiger partial charge in [-0.3, -0.25) is 0 Å². The van der Waals surface area contributed by atoms with E-state index in [0.717, 1.165) is 29.5 Å². The van der Waals surface area contributed by atoms with Gasteiger partial charge >= 0.3 is 0 Å². The predicted molar refractivity (Wildman–Crippen MR) is 71.9 cm³/mol. The molecule has 1 aromatic carbocycles. The predicted octanol–water partition coefficient (Wildman–Crippen LogP) is 3.50. The maximum atomic E-state index is 13.5. The van der Waals surface area contributed by atoms with Gasteiger partial charge < -0.3 is 5.32 Å². The second-order valence-electron chi connectivity index (χ2n) is 5.77. The summed E-state index contributed by atoms with van der Waals surface area (Å²) in [6.07, 6.45) is 7.21. The lowest BCUT2D eigenvalue weighted by molar-refractivity contribution is 0.162. The van der Waals surface area contributed by atoms with E-state index in [-0.39, 0.29) is 5.82 Å². The molecule has 0 amide bonds. The van der Waals surface area contributed by atoms with Crippen molar-refractivity contribution >= 4 is 0 Å². The fourth-order valence-electron chi connectivity index (χ4n) is 3.33. The quantitative estimate of drug-likeness (QED) is 0.804. The molecule has 0 radical (unpaired) electrons. The molecule has 2 heteroatoms. The minimum Gasteiger partial charge on any atom is -0.309 e. The Bertz CT molecular complexity index is 469. The summed E-state index contributed by atoms with van der Waals surface area (Å²) in [6, 6.07) is 4.53. The Kier molecular flexibility index (Phi) is 2.98. The first kappa shape index (κ1) is 11.9. The van der Waals surface area contributed by atoms with Gasteiger partial charge in [0.05, 0.1) is 0 Å². The van der Waals surface area contributed by atoms with E-state index in [1.54, 1.807) is 0 Å². The van der Waals surface area contributed by atoms with Crippen LogP contribution in [0.3, 0.4) is 0 Å². The molecule has 2 aliphatic rings. The van der Waals surface area contributed by atoms with E-state index in [9.17, 15) is 4.39 Å². The third kappa shape index (κ3) is 1.99. The van der Waals surface area contributed by atoms with Gasteiger partial charge in [-0.15, -0.1) is 0 Å². The SMILES string of the molecule is Cc1cc(CNC2CC3CC=CC32)cc(C)c1F. The van der Waals surface area contributed by atoms with Crippen molar-refractivity contribution < 1.29 is 4.39 Å². The fraction of sp³-hybridized carbons (Fsp3) is 0.500. The van der Waals surface area contributed by atoms with Gasteiger partial charge in [0.15, 0.2) is 0 Å². The standard InChI is InChI=1S/C16H20FN/c1-10-6-12(7-11(2)16(10)17)9-18-15-8-13-4-3-5-14(13)15/h3,5-7,13-15,18H,4,8-9H2,1-2H3. The van der Waals surface area contributed by atoms with E-state index in [1.165, 1.54) is 18.4 Å². The molecule has 1 fully saturated rings. The van der Waals surface area contributed by atoms with Gasteiger partial charge in [-0.05, 0) is 55.2 Å². The van der Waals surface area contributed by atoms with Gasteiger partial charge in [0.1, 0.15) is 5.82 Å². The molecule has 3 unspecified atom stereocenters. The summed E-state index contributed by atoms with van der Waals surface area (Å²) < 4.78 is 13.5. The molecule has 2 aliphatic carbocycles. The number of aryl methyl sites for hydroxylation is 2. The summed E-state index contributed by atoms with van der Waals surface area (Å²) in [5.41, 5.74) is 2.69. The summed E-state index contributed by atoms with van der Waals surface area (Å²) in [7, 11) is 0. The molecule has 1 saturated carbocycles. The summed E-state index contributed by atoms with van der Waals surface area (Å²) in [5, 5.41) is 3.61. The average molecular weight is 245 g/mol. The zero-order chi connectivity index (χ0) is 12.7. The molecule has 0 heterocycles. The lowest BCUT2D eigenvalue weighted by atomic mass is 9.71. The molecule has 0 aromatic heterocycles. The van der Waals surface area contributed by atoms with Crippen LogP contribution < -0.4 is 5.32 Å². The number of nitrogens with one attached hydrogen (secondary N) is 1. The molecule has 18 heavy (non-hydrogen) atoms. The number of allylic oxidation sites excluding steroid dienone is 1. The minimum absolute atomic E-state index is 0.0683. The highest BCUT2D eigenvalue weighted by Gasteiger charge is 2.40. The molecule has 3 rings (SSSR count). The smallest absolute Gasteiger partial charge is 0.129 e. The van der Waals surface area contributed by atoms with Crippen LogP contribution in [0.5, 0.6) is 0 Å². The second kappa shape index (κ2) is 4.51. The van der Waals surface area contributed by atoms with Crippen LogP contribution in [0.4, 0.5) is 4.39 Å². The molecule has 0 spiro atoms. The first-order valence-electron chi connectivity index (χ1n) is 6.81. The largest absolute Gasteiger partial charge is 0.309 e. The Labute approximate surface area is 108 Å². The first-order chi connectivity index (χ1) is 8.65. The molecule has 0 bridgehead atoms. The van der Waals surface area contributed by atoms with Crippen LogP contribution in [0.15, 0.2) is 24.3 Å². The third-order valence-electron chi connectivity index (χ3n) is 4.43. The highest BCUT2D eigenvalue weighted by Crippen LogP contribution is 2.42. The molecule has 96 valence electrons. The van der Waals surface area contributed by atoms with E-state index in [2.05, 4.69) is 17.5 Å². The van der Waals surface area contributed by atoms with Crippen LogP contribution in [0.1, 0.15) is 29.5 Å². The number of hydrogen-bond donors (Lipinski definition) is 1. The van der Waals surface area contributed by atoms with Crippen LogP contribution in [0.25, 0.3) is 0 Å². The highest BCUT2D eigenvalue weighted by atomic mass is 19.1. The molecule has 1 aromatic rings.